The van der Waals surface area contributed by atoms with E-state index in [1.165, 1.54) is 0 Å². The maximum atomic E-state index is 12.0. The van der Waals surface area contributed by atoms with Crippen LogP contribution >= 0.6 is 0 Å². The van der Waals surface area contributed by atoms with Gasteiger partial charge in [-0.25, -0.2) is 5.43 Å². The van der Waals surface area contributed by atoms with Crippen molar-refractivity contribution in [3.63, 3.8) is 0 Å². The average Bonchev–Trinajstić information content (AvgIpc) is 2.71. The van der Waals surface area contributed by atoms with E-state index in [1.54, 1.807) is 31.2 Å². The number of anilines is 1. The van der Waals surface area contributed by atoms with Gasteiger partial charge in [-0.1, -0.05) is 42.5 Å². The summed E-state index contributed by atoms with van der Waals surface area (Å²) in [4.78, 5) is 24.0. The van der Waals surface area contributed by atoms with Gasteiger partial charge in [0.25, 0.3) is 0 Å². The fourth-order valence-corrected chi connectivity index (χ4v) is 2.60. The minimum Gasteiger partial charge on any atom is -0.318 e. The van der Waals surface area contributed by atoms with Crippen LogP contribution in [0, 0.1) is 11.3 Å². The molecule has 6 heteroatoms. The summed E-state index contributed by atoms with van der Waals surface area (Å²) in [5.41, 5.74) is 4.62. The van der Waals surface area contributed by atoms with E-state index in [1.807, 2.05) is 48.5 Å². The lowest BCUT2D eigenvalue weighted by molar-refractivity contribution is -0.136. The number of hydrogen-bond acceptors (Lipinski definition) is 4. The number of nitriles is 1. The summed E-state index contributed by atoms with van der Waals surface area (Å²) >= 11 is 0. The smallest absolute Gasteiger partial charge is 0.318 e. The van der Waals surface area contributed by atoms with Gasteiger partial charge in [-0.2, -0.15) is 10.4 Å². The Morgan fingerprint density at radius 3 is 2.37 bits per heavy atom. The fourth-order valence-electron chi connectivity index (χ4n) is 2.60. The Morgan fingerprint density at radius 2 is 1.63 bits per heavy atom. The third-order valence-corrected chi connectivity index (χ3v) is 3.98. The van der Waals surface area contributed by atoms with Gasteiger partial charge >= 0.3 is 11.8 Å². The van der Waals surface area contributed by atoms with Crippen molar-refractivity contribution in [1.29, 1.82) is 5.26 Å². The molecule has 132 valence electrons. The summed E-state index contributed by atoms with van der Waals surface area (Å²) in [5, 5.41) is 17.3. The zero-order valence-corrected chi connectivity index (χ0v) is 14.6. The van der Waals surface area contributed by atoms with Gasteiger partial charge in [0, 0.05) is 11.3 Å². The number of amides is 2. The van der Waals surface area contributed by atoms with E-state index in [0.29, 0.717) is 17.0 Å². The van der Waals surface area contributed by atoms with Crippen LogP contribution in [-0.2, 0) is 9.59 Å². The first-order chi connectivity index (χ1) is 13.1. The van der Waals surface area contributed by atoms with E-state index in [9.17, 15) is 9.59 Å². The van der Waals surface area contributed by atoms with Gasteiger partial charge in [-0.15, -0.1) is 0 Å². The maximum absolute atomic E-state index is 12.0. The molecule has 27 heavy (non-hydrogen) atoms. The molecule has 3 rings (SSSR count). The normalized spacial score (nSPS) is 10.9. The molecular weight excluding hydrogens is 340 g/mol. The first-order valence-corrected chi connectivity index (χ1v) is 8.22. The number of carbonyl (C=O) groups is 2. The van der Waals surface area contributed by atoms with Gasteiger partial charge in [-0.05, 0) is 42.0 Å². The van der Waals surface area contributed by atoms with Crippen molar-refractivity contribution in [2.45, 2.75) is 6.92 Å². The molecule has 0 unspecified atom stereocenters. The summed E-state index contributed by atoms with van der Waals surface area (Å²) in [7, 11) is 0. The molecule has 2 N–H and O–H groups in total. The highest BCUT2D eigenvalue weighted by atomic mass is 16.2. The van der Waals surface area contributed by atoms with Crippen LogP contribution in [0.1, 0.15) is 18.1 Å². The van der Waals surface area contributed by atoms with E-state index >= 15 is 0 Å². The Kier molecular flexibility index (Phi) is 5.24. The van der Waals surface area contributed by atoms with Crippen LogP contribution in [0.3, 0.4) is 0 Å². The second-order valence-electron chi connectivity index (χ2n) is 5.81. The van der Waals surface area contributed by atoms with Crippen LogP contribution in [0.2, 0.25) is 0 Å². The molecule has 2 amide bonds. The number of nitrogens with zero attached hydrogens (tertiary/aromatic N) is 2. The molecule has 3 aromatic rings. The van der Waals surface area contributed by atoms with Gasteiger partial charge in [0.1, 0.15) is 0 Å². The molecule has 0 aliphatic heterocycles. The third kappa shape index (κ3) is 4.17. The number of benzene rings is 3. The number of carbonyl (C=O) groups excluding carboxylic acids is 2. The molecule has 0 heterocycles. The largest absolute Gasteiger partial charge is 0.329 e. The van der Waals surface area contributed by atoms with E-state index in [0.717, 1.165) is 16.3 Å². The minimum atomic E-state index is -0.876. The van der Waals surface area contributed by atoms with Crippen LogP contribution < -0.4 is 10.7 Å². The molecule has 0 aromatic heterocycles. The van der Waals surface area contributed by atoms with Crippen molar-refractivity contribution in [1.82, 2.24) is 5.43 Å². The summed E-state index contributed by atoms with van der Waals surface area (Å²) in [6, 6.07) is 21.9. The van der Waals surface area contributed by atoms with Crippen molar-refractivity contribution in [3.8, 4) is 6.07 Å². The molecule has 3 aromatic carbocycles. The van der Waals surface area contributed by atoms with Crippen molar-refractivity contribution in [2.24, 2.45) is 5.10 Å². The van der Waals surface area contributed by atoms with E-state index in [2.05, 4.69) is 15.8 Å². The topological polar surface area (TPSA) is 94.3 Å². The van der Waals surface area contributed by atoms with Gasteiger partial charge in [0.15, 0.2) is 0 Å². The lowest BCUT2D eigenvalue weighted by Gasteiger charge is -2.07. The van der Waals surface area contributed by atoms with Crippen molar-refractivity contribution >= 4 is 34.0 Å². The van der Waals surface area contributed by atoms with Crippen molar-refractivity contribution < 1.29 is 9.59 Å². The summed E-state index contributed by atoms with van der Waals surface area (Å²) in [5.74, 6) is -1.71. The fraction of sp³-hybridized carbons (Fsp3) is 0.0476. The summed E-state index contributed by atoms with van der Waals surface area (Å²) < 4.78 is 0. The van der Waals surface area contributed by atoms with Crippen LogP contribution in [0.25, 0.3) is 10.8 Å². The predicted molar refractivity (Wildman–Crippen MR) is 104 cm³/mol. The highest BCUT2D eigenvalue weighted by Crippen LogP contribution is 2.19. The monoisotopic (exact) mass is 356 g/mol. The van der Waals surface area contributed by atoms with Gasteiger partial charge in [0.05, 0.1) is 17.3 Å². The number of nitrogens with one attached hydrogen (secondary N) is 2. The Bertz CT molecular complexity index is 1070. The second kappa shape index (κ2) is 7.93. The van der Waals surface area contributed by atoms with Crippen LogP contribution in [-0.4, -0.2) is 17.5 Å². The van der Waals surface area contributed by atoms with Gasteiger partial charge in [-0.3, -0.25) is 9.59 Å². The van der Waals surface area contributed by atoms with Crippen LogP contribution in [0.5, 0.6) is 0 Å². The number of hydrogen-bond donors (Lipinski definition) is 2. The first-order valence-electron chi connectivity index (χ1n) is 8.22. The minimum absolute atomic E-state index is 0.420. The van der Waals surface area contributed by atoms with Crippen molar-refractivity contribution in [2.75, 3.05) is 5.32 Å². The van der Waals surface area contributed by atoms with Crippen LogP contribution in [0.15, 0.2) is 71.8 Å². The standard InChI is InChI=1S/C21H16N4O2/c1-14(18-8-4-6-16-5-2-3-7-19(16)18)24-25-21(27)20(26)23-17-11-9-15(13-22)10-12-17/h2-12H,1H3,(H,23,26)(H,25,27)/b24-14+. The molecule has 6 nitrogen and oxygen atoms in total. The molecule has 0 aliphatic rings. The predicted octanol–water partition coefficient (Wildman–Crippen LogP) is 3.19. The Morgan fingerprint density at radius 1 is 0.926 bits per heavy atom. The molecule has 0 fully saturated rings. The number of rotatable bonds is 3. The second-order valence-corrected chi connectivity index (χ2v) is 5.81. The molecule has 0 saturated heterocycles. The Hall–Kier alpha value is -3.98. The quantitative estimate of drug-likeness (QED) is 0.429. The summed E-state index contributed by atoms with van der Waals surface area (Å²) in [6.07, 6.45) is 0. The van der Waals surface area contributed by atoms with E-state index < -0.39 is 11.8 Å². The van der Waals surface area contributed by atoms with Crippen LogP contribution in [0.4, 0.5) is 5.69 Å². The lowest BCUT2D eigenvalue weighted by Crippen LogP contribution is -2.32. The number of hydrazone groups is 1. The molecular formula is C21H16N4O2. The molecule has 0 bridgehead atoms. The molecule has 0 aliphatic carbocycles. The zero-order chi connectivity index (χ0) is 19.2. The summed E-state index contributed by atoms with van der Waals surface area (Å²) in [6.45, 7) is 1.76. The SMILES string of the molecule is C/C(=N\NC(=O)C(=O)Nc1ccc(C#N)cc1)c1cccc2ccccc12. The maximum Gasteiger partial charge on any atom is 0.329 e. The molecule has 0 atom stereocenters. The highest BCUT2D eigenvalue weighted by Gasteiger charge is 2.13. The first kappa shape index (κ1) is 17.8. The molecule has 0 spiro atoms. The highest BCUT2D eigenvalue weighted by molar-refractivity contribution is 6.39. The molecule has 0 radical (unpaired) electrons. The molecule has 0 saturated carbocycles. The van der Waals surface area contributed by atoms with Crippen molar-refractivity contribution in [3.05, 3.63) is 77.9 Å². The zero-order valence-electron chi connectivity index (χ0n) is 14.6. The van der Waals surface area contributed by atoms with Gasteiger partial charge in [0.2, 0.25) is 0 Å². The van der Waals surface area contributed by atoms with E-state index in [-0.39, 0.29) is 0 Å². The Labute approximate surface area is 156 Å². The third-order valence-electron chi connectivity index (χ3n) is 3.98. The lowest BCUT2D eigenvalue weighted by atomic mass is 10.0. The van der Waals surface area contributed by atoms with Gasteiger partial charge < -0.3 is 5.32 Å². The average molecular weight is 356 g/mol. The number of fused-ring (bicyclic) bond motifs is 1. The van der Waals surface area contributed by atoms with E-state index in [4.69, 9.17) is 5.26 Å². The Balaban J connectivity index is 1.69.